The molecule has 3 aromatic carbocycles. The van der Waals surface area contributed by atoms with Gasteiger partial charge in [0.15, 0.2) is 0 Å². The normalized spacial score (nSPS) is 11.1. The lowest BCUT2D eigenvalue weighted by molar-refractivity contribution is -0.119. The molecule has 7 heteroatoms. The van der Waals surface area contributed by atoms with Crippen LogP contribution in [0.4, 0.5) is 5.69 Å². The Bertz CT molecular complexity index is 1190. The first kappa shape index (κ1) is 24.3. The van der Waals surface area contributed by atoms with Gasteiger partial charge < -0.3 is 10.1 Å². The van der Waals surface area contributed by atoms with Gasteiger partial charge in [0.25, 0.3) is 10.0 Å². The molecule has 1 N–H and O–H groups in total. The molecule has 0 aliphatic rings. The van der Waals surface area contributed by atoms with Gasteiger partial charge in [-0.1, -0.05) is 55.5 Å². The first-order valence-electron chi connectivity index (χ1n) is 11.0. The SMILES string of the molecule is CCc1ccccc1N(CC(=O)NCCOc1cccc(C)c1C)S(=O)(=O)c1ccccc1. The summed E-state index contributed by atoms with van der Waals surface area (Å²) < 4.78 is 33.9. The van der Waals surface area contributed by atoms with E-state index in [1.807, 2.05) is 51.1 Å². The van der Waals surface area contributed by atoms with Gasteiger partial charge in [-0.25, -0.2) is 8.42 Å². The van der Waals surface area contributed by atoms with Crippen LogP contribution < -0.4 is 14.4 Å². The predicted molar refractivity (Wildman–Crippen MR) is 131 cm³/mol. The van der Waals surface area contributed by atoms with Crippen molar-refractivity contribution in [1.29, 1.82) is 0 Å². The maximum absolute atomic E-state index is 13.4. The van der Waals surface area contributed by atoms with Gasteiger partial charge in [0.1, 0.15) is 18.9 Å². The number of benzene rings is 3. The molecule has 1 amide bonds. The topological polar surface area (TPSA) is 75.7 Å². The van der Waals surface area contributed by atoms with E-state index in [-0.39, 0.29) is 24.6 Å². The van der Waals surface area contributed by atoms with Crippen LogP contribution in [0.5, 0.6) is 5.75 Å². The second-order valence-electron chi connectivity index (χ2n) is 7.70. The van der Waals surface area contributed by atoms with Gasteiger partial charge in [-0.3, -0.25) is 9.10 Å². The maximum Gasteiger partial charge on any atom is 0.264 e. The summed E-state index contributed by atoms with van der Waals surface area (Å²) in [7, 11) is -3.92. The molecule has 3 aromatic rings. The van der Waals surface area contributed by atoms with Crippen molar-refractivity contribution in [2.75, 3.05) is 24.0 Å². The number of para-hydroxylation sites is 1. The van der Waals surface area contributed by atoms with Gasteiger partial charge >= 0.3 is 0 Å². The number of anilines is 1. The Morgan fingerprint density at radius 1 is 0.939 bits per heavy atom. The fourth-order valence-electron chi connectivity index (χ4n) is 3.49. The second kappa shape index (κ2) is 11.0. The molecule has 0 saturated carbocycles. The molecular formula is C26H30N2O4S. The summed E-state index contributed by atoms with van der Waals surface area (Å²) in [6.07, 6.45) is 0.641. The third-order valence-electron chi connectivity index (χ3n) is 5.50. The lowest BCUT2D eigenvalue weighted by Crippen LogP contribution is -2.42. The van der Waals surface area contributed by atoms with Crippen molar-refractivity contribution in [2.45, 2.75) is 32.1 Å². The molecule has 0 aliphatic heterocycles. The van der Waals surface area contributed by atoms with E-state index in [9.17, 15) is 13.2 Å². The zero-order chi connectivity index (χ0) is 23.8. The Hall–Kier alpha value is -3.32. The minimum atomic E-state index is -3.92. The Morgan fingerprint density at radius 2 is 1.64 bits per heavy atom. The summed E-state index contributed by atoms with van der Waals surface area (Å²) >= 11 is 0. The summed E-state index contributed by atoms with van der Waals surface area (Å²) in [5, 5.41) is 2.78. The molecule has 0 spiro atoms. The van der Waals surface area contributed by atoms with E-state index in [2.05, 4.69) is 5.32 Å². The number of rotatable bonds is 10. The van der Waals surface area contributed by atoms with Crippen LogP contribution in [-0.2, 0) is 21.2 Å². The van der Waals surface area contributed by atoms with Crippen molar-refractivity contribution in [1.82, 2.24) is 5.32 Å². The van der Waals surface area contributed by atoms with E-state index in [0.29, 0.717) is 12.1 Å². The summed E-state index contributed by atoms with van der Waals surface area (Å²) in [5.41, 5.74) is 3.54. The summed E-state index contributed by atoms with van der Waals surface area (Å²) in [6.45, 7) is 6.18. The Kier molecular flexibility index (Phi) is 8.11. The third kappa shape index (κ3) is 5.93. The van der Waals surface area contributed by atoms with Crippen molar-refractivity contribution in [3.05, 3.63) is 89.5 Å². The molecule has 0 radical (unpaired) electrons. The molecule has 174 valence electrons. The molecule has 0 saturated heterocycles. The van der Waals surface area contributed by atoms with Crippen LogP contribution in [-0.4, -0.2) is 34.0 Å². The number of hydrogen-bond acceptors (Lipinski definition) is 4. The third-order valence-corrected chi connectivity index (χ3v) is 7.27. The van der Waals surface area contributed by atoms with E-state index in [0.717, 1.165) is 22.4 Å². The number of hydrogen-bond donors (Lipinski definition) is 1. The molecule has 0 atom stereocenters. The molecular weight excluding hydrogens is 436 g/mol. The Labute approximate surface area is 196 Å². The molecule has 3 rings (SSSR count). The molecule has 0 fully saturated rings. The number of aryl methyl sites for hydroxylation is 2. The lowest BCUT2D eigenvalue weighted by atomic mass is 10.1. The number of nitrogens with zero attached hydrogens (tertiary/aromatic N) is 1. The number of carbonyl (C=O) groups excluding carboxylic acids is 1. The molecule has 6 nitrogen and oxygen atoms in total. The van der Waals surface area contributed by atoms with Crippen molar-refractivity contribution in [3.8, 4) is 5.75 Å². The molecule has 0 bridgehead atoms. The molecule has 0 aliphatic carbocycles. The minimum Gasteiger partial charge on any atom is -0.491 e. The summed E-state index contributed by atoms with van der Waals surface area (Å²) in [4.78, 5) is 12.9. The van der Waals surface area contributed by atoms with Crippen LogP contribution >= 0.6 is 0 Å². The lowest BCUT2D eigenvalue weighted by Gasteiger charge is -2.26. The average Bonchev–Trinajstić information content (AvgIpc) is 2.83. The minimum absolute atomic E-state index is 0.141. The van der Waals surface area contributed by atoms with E-state index in [1.54, 1.807) is 30.3 Å². The first-order valence-corrected chi connectivity index (χ1v) is 12.4. The standard InChI is InChI=1S/C26H30N2O4S/c1-4-22-12-8-9-15-24(22)28(33(30,31)23-13-6-5-7-14-23)19-26(29)27-17-18-32-25-16-10-11-20(2)21(25)3/h5-16H,4,17-19H2,1-3H3,(H,27,29). The number of carbonyl (C=O) groups is 1. The molecule has 0 aromatic heterocycles. The maximum atomic E-state index is 13.4. The molecule has 33 heavy (non-hydrogen) atoms. The smallest absolute Gasteiger partial charge is 0.264 e. The highest BCUT2D eigenvalue weighted by molar-refractivity contribution is 7.92. The van der Waals surface area contributed by atoms with Crippen molar-refractivity contribution in [3.63, 3.8) is 0 Å². The zero-order valence-corrected chi connectivity index (χ0v) is 20.1. The summed E-state index contributed by atoms with van der Waals surface area (Å²) in [6, 6.07) is 21.2. The zero-order valence-electron chi connectivity index (χ0n) is 19.2. The van der Waals surface area contributed by atoms with Crippen molar-refractivity contribution >= 4 is 21.6 Å². The van der Waals surface area contributed by atoms with Crippen LogP contribution in [0.25, 0.3) is 0 Å². The van der Waals surface area contributed by atoms with Crippen LogP contribution in [0.1, 0.15) is 23.6 Å². The molecule has 0 unspecified atom stereocenters. The van der Waals surface area contributed by atoms with E-state index in [4.69, 9.17) is 4.74 Å². The Balaban J connectivity index is 1.73. The average molecular weight is 467 g/mol. The fraction of sp³-hybridized carbons (Fsp3) is 0.269. The van der Waals surface area contributed by atoms with Gasteiger partial charge in [0.2, 0.25) is 5.91 Å². The predicted octanol–water partition coefficient (Wildman–Crippen LogP) is 4.26. The number of ether oxygens (including phenoxy) is 1. The van der Waals surface area contributed by atoms with Crippen LogP contribution in [0.2, 0.25) is 0 Å². The van der Waals surface area contributed by atoms with E-state index < -0.39 is 15.9 Å². The van der Waals surface area contributed by atoms with Crippen LogP contribution in [0.3, 0.4) is 0 Å². The van der Waals surface area contributed by atoms with Crippen LogP contribution in [0.15, 0.2) is 77.7 Å². The Morgan fingerprint density at radius 3 is 2.36 bits per heavy atom. The van der Waals surface area contributed by atoms with Gasteiger partial charge in [0.05, 0.1) is 17.1 Å². The first-order chi connectivity index (χ1) is 15.8. The van der Waals surface area contributed by atoms with Crippen LogP contribution in [0, 0.1) is 13.8 Å². The van der Waals surface area contributed by atoms with Gasteiger partial charge in [-0.05, 0) is 61.2 Å². The van der Waals surface area contributed by atoms with Gasteiger partial charge in [0, 0.05) is 0 Å². The monoisotopic (exact) mass is 466 g/mol. The van der Waals surface area contributed by atoms with Gasteiger partial charge in [-0.15, -0.1) is 0 Å². The fourth-order valence-corrected chi connectivity index (χ4v) is 4.97. The van der Waals surface area contributed by atoms with Gasteiger partial charge in [-0.2, -0.15) is 0 Å². The largest absolute Gasteiger partial charge is 0.491 e. The highest BCUT2D eigenvalue weighted by Gasteiger charge is 2.28. The number of amides is 1. The van der Waals surface area contributed by atoms with E-state index in [1.165, 1.54) is 16.4 Å². The molecule has 0 heterocycles. The van der Waals surface area contributed by atoms with Crippen molar-refractivity contribution in [2.24, 2.45) is 0 Å². The quantitative estimate of drug-likeness (QED) is 0.453. The van der Waals surface area contributed by atoms with Crippen molar-refractivity contribution < 1.29 is 17.9 Å². The second-order valence-corrected chi connectivity index (χ2v) is 9.57. The number of sulfonamides is 1. The van der Waals surface area contributed by atoms with E-state index >= 15 is 0 Å². The highest BCUT2D eigenvalue weighted by atomic mass is 32.2. The highest BCUT2D eigenvalue weighted by Crippen LogP contribution is 2.27. The number of nitrogens with one attached hydrogen (secondary N) is 1. The summed E-state index contributed by atoms with van der Waals surface area (Å²) in [5.74, 6) is 0.374.